The summed E-state index contributed by atoms with van der Waals surface area (Å²) >= 11 is 0. The summed E-state index contributed by atoms with van der Waals surface area (Å²) in [6.07, 6.45) is -0.338. The van der Waals surface area contributed by atoms with E-state index in [2.05, 4.69) is 5.32 Å². The molecule has 2 atom stereocenters. The minimum atomic E-state index is -1.20. The Morgan fingerprint density at radius 2 is 1.84 bits per heavy atom. The van der Waals surface area contributed by atoms with Crippen molar-refractivity contribution in [2.75, 3.05) is 26.2 Å². The molecule has 0 saturated carbocycles. The first-order valence-corrected chi connectivity index (χ1v) is 10.7. The summed E-state index contributed by atoms with van der Waals surface area (Å²) in [6.45, 7) is 6.15. The maximum atomic E-state index is 13.1. The molecule has 0 aromatic heterocycles. The lowest BCUT2D eigenvalue weighted by Crippen LogP contribution is -2.48. The molecule has 1 fully saturated rings. The molecule has 4 amide bonds. The van der Waals surface area contributed by atoms with Crippen molar-refractivity contribution in [3.63, 3.8) is 0 Å². The highest BCUT2D eigenvalue weighted by atomic mass is 16.6. The molecule has 1 saturated heterocycles. The number of ether oxygens (including phenoxy) is 2. The number of aryl methyl sites for hydroxylation is 1. The number of para-hydroxylation sites is 2. The summed E-state index contributed by atoms with van der Waals surface area (Å²) < 4.78 is 11.7. The van der Waals surface area contributed by atoms with Gasteiger partial charge in [0, 0.05) is 6.54 Å². The summed E-state index contributed by atoms with van der Waals surface area (Å²) in [5.74, 6) is 0.539. The van der Waals surface area contributed by atoms with E-state index in [0.717, 1.165) is 10.5 Å². The molecule has 8 nitrogen and oxygen atoms in total. The number of urea groups is 1. The van der Waals surface area contributed by atoms with Crippen molar-refractivity contribution >= 4 is 17.8 Å². The number of fused-ring (bicyclic) bond motifs is 1. The Kier molecular flexibility index (Phi) is 5.78. The van der Waals surface area contributed by atoms with Crippen LogP contribution >= 0.6 is 0 Å². The highest BCUT2D eigenvalue weighted by Gasteiger charge is 2.49. The van der Waals surface area contributed by atoms with E-state index in [4.69, 9.17) is 9.47 Å². The molecule has 0 unspecified atom stereocenters. The van der Waals surface area contributed by atoms with Crippen LogP contribution in [0.5, 0.6) is 11.5 Å². The number of likely N-dealkylation sites (N-methyl/N-ethyl adjacent to an activating group) is 1. The number of hydrogen-bond donors (Lipinski definition) is 1. The van der Waals surface area contributed by atoms with Crippen molar-refractivity contribution in [1.29, 1.82) is 0 Å². The van der Waals surface area contributed by atoms with E-state index in [1.165, 1.54) is 0 Å². The van der Waals surface area contributed by atoms with Crippen LogP contribution < -0.4 is 14.8 Å². The Morgan fingerprint density at radius 3 is 2.53 bits per heavy atom. The third kappa shape index (κ3) is 4.00. The maximum Gasteiger partial charge on any atom is 0.325 e. The first-order valence-electron chi connectivity index (χ1n) is 10.7. The molecule has 0 radical (unpaired) electrons. The highest BCUT2D eigenvalue weighted by molar-refractivity contribution is 6.09. The summed E-state index contributed by atoms with van der Waals surface area (Å²) in [7, 11) is 0. The molecule has 1 N–H and O–H groups in total. The summed E-state index contributed by atoms with van der Waals surface area (Å²) in [4.78, 5) is 41.3. The quantitative estimate of drug-likeness (QED) is 0.702. The summed E-state index contributed by atoms with van der Waals surface area (Å²) in [5.41, 5.74) is 0.526. The Labute approximate surface area is 187 Å². The minimum Gasteiger partial charge on any atom is -0.486 e. The van der Waals surface area contributed by atoms with Gasteiger partial charge in [-0.2, -0.15) is 0 Å². The van der Waals surface area contributed by atoms with Crippen molar-refractivity contribution < 1.29 is 23.9 Å². The number of carbonyl (C=O) groups excluding carboxylic acids is 3. The number of nitrogens with one attached hydrogen (secondary N) is 1. The van der Waals surface area contributed by atoms with Crippen LogP contribution in [0.25, 0.3) is 0 Å². The van der Waals surface area contributed by atoms with Gasteiger partial charge in [-0.15, -0.1) is 0 Å². The number of rotatable bonds is 6. The van der Waals surface area contributed by atoms with Gasteiger partial charge in [0.15, 0.2) is 17.6 Å². The van der Waals surface area contributed by atoms with Gasteiger partial charge in [-0.25, -0.2) is 4.79 Å². The molecule has 0 spiro atoms. The number of amides is 4. The lowest BCUT2D eigenvalue weighted by Gasteiger charge is -2.31. The second-order valence-corrected chi connectivity index (χ2v) is 8.24. The van der Waals surface area contributed by atoms with E-state index in [1.54, 1.807) is 11.8 Å². The van der Waals surface area contributed by atoms with Gasteiger partial charge in [0.05, 0.1) is 6.54 Å². The zero-order valence-corrected chi connectivity index (χ0v) is 18.5. The van der Waals surface area contributed by atoms with Crippen molar-refractivity contribution in [2.45, 2.75) is 32.4 Å². The van der Waals surface area contributed by atoms with E-state index in [9.17, 15) is 14.4 Å². The van der Waals surface area contributed by atoms with Gasteiger partial charge in [0.25, 0.3) is 5.91 Å². The Bertz CT molecular complexity index is 1040. The summed E-state index contributed by atoms with van der Waals surface area (Å²) in [5, 5.41) is 2.74. The van der Waals surface area contributed by atoms with Gasteiger partial charge in [0.1, 0.15) is 18.7 Å². The zero-order valence-electron chi connectivity index (χ0n) is 18.5. The van der Waals surface area contributed by atoms with Crippen molar-refractivity contribution in [2.24, 2.45) is 0 Å². The van der Waals surface area contributed by atoms with Crippen LogP contribution in [0.15, 0.2) is 48.5 Å². The fraction of sp³-hybridized carbons (Fsp3) is 0.375. The molecule has 0 bridgehead atoms. The summed E-state index contributed by atoms with van der Waals surface area (Å²) in [6, 6.07) is 14.2. The smallest absolute Gasteiger partial charge is 0.325 e. The van der Waals surface area contributed by atoms with Crippen LogP contribution in [0.4, 0.5) is 4.79 Å². The standard InChI is InChI=1S/C24H27N3O5/c1-4-26(13-18-15-31-19-7-5-6-8-20(19)32-18)21(28)14-27-22(29)24(3,25-23(27)30)17-11-9-16(2)10-12-17/h5-12,18H,4,13-15H2,1-3H3,(H,25,30)/t18-,24-/m1/s1. The Balaban J connectivity index is 1.42. The molecule has 2 aliphatic heterocycles. The molecule has 32 heavy (non-hydrogen) atoms. The van der Waals surface area contributed by atoms with Crippen molar-refractivity contribution in [3.05, 3.63) is 59.7 Å². The molecular formula is C24H27N3O5. The topological polar surface area (TPSA) is 88.2 Å². The Morgan fingerprint density at radius 1 is 1.16 bits per heavy atom. The second kappa shape index (κ2) is 8.53. The fourth-order valence-corrected chi connectivity index (χ4v) is 3.96. The average Bonchev–Trinajstić information content (AvgIpc) is 3.01. The SMILES string of the molecule is CCN(C[C@@H]1COc2ccccc2O1)C(=O)CN1C(=O)N[C@](C)(c2ccc(C)cc2)C1=O. The molecule has 8 heteroatoms. The largest absolute Gasteiger partial charge is 0.486 e. The third-order valence-electron chi connectivity index (χ3n) is 5.92. The molecule has 4 rings (SSSR count). The third-order valence-corrected chi connectivity index (χ3v) is 5.92. The Hall–Kier alpha value is -3.55. The van der Waals surface area contributed by atoms with Gasteiger partial charge in [0.2, 0.25) is 5.91 Å². The van der Waals surface area contributed by atoms with Gasteiger partial charge < -0.3 is 19.7 Å². The fourth-order valence-electron chi connectivity index (χ4n) is 3.96. The second-order valence-electron chi connectivity index (χ2n) is 8.24. The average molecular weight is 437 g/mol. The number of hydrogen-bond acceptors (Lipinski definition) is 5. The lowest BCUT2D eigenvalue weighted by atomic mass is 9.91. The normalized spacial score (nSPS) is 22.0. The van der Waals surface area contributed by atoms with Gasteiger partial charge in [-0.05, 0) is 38.5 Å². The van der Waals surface area contributed by atoms with Gasteiger partial charge in [-0.1, -0.05) is 42.0 Å². The predicted molar refractivity (Wildman–Crippen MR) is 117 cm³/mol. The van der Waals surface area contributed by atoms with E-state index < -0.39 is 17.5 Å². The van der Waals surface area contributed by atoms with Crippen molar-refractivity contribution in [3.8, 4) is 11.5 Å². The number of imide groups is 1. The van der Waals surface area contributed by atoms with Gasteiger partial charge >= 0.3 is 6.03 Å². The first kappa shape index (κ1) is 21.7. The predicted octanol–water partition coefficient (Wildman–Crippen LogP) is 2.45. The number of benzene rings is 2. The van der Waals surface area contributed by atoms with Crippen LogP contribution in [0.3, 0.4) is 0 Å². The van der Waals surface area contributed by atoms with E-state index in [1.807, 2.05) is 62.4 Å². The molecule has 2 heterocycles. The minimum absolute atomic E-state index is 0.294. The zero-order chi connectivity index (χ0) is 22.9. The molecule has 2 aromatic carbocycles. The van der Waals surface area contributed by atoms with Crippen LogP contribution in [-0.4, -0.2) is 60.0 Å². The van der Waals surface area contributed by atoms with Crippen LogP contribution in [-0.2, 0) is 15.1 Å². The molecular weight excluding hydrogens is 410 g/mol. The van der Waals surface area contributed by atoms with E-state index in [0.29, 0.717) is 36.8 Å². The number of carbonyl (C=O) groups is 3. The van der Waals surface area contributed by atoms with Crippen LogP contribution in [0.2, 0.25) is 0 Å². The molecule has 168 valence electrons. The van der Waals surface area contributed by atoms with Crippen LogP contribution in [0, 0.1) is 6.92 Å². The maximum absolute atomic E-state index is 13.1. The molecule has 0 aliphatic carbocycles. The van der Waals surface area contributed by atoms with Gasteiger partial charge in [-0.3, -0.25) is 14.5 Å². The number of nitrogens with zero attached hydrogens (tertiary/aromatic N) is 2. The molecule has 2 aliphatic rings. The first-order chi connectivity index (χ1) is 15.3. The van der Waals surface area contributed by atoms with E-state index in [-0.39, 0.29) is 18.6 Å². The van der Waals surface area contributed by atoms with Crippen molar-refractivity contribution in [1.82, 2.24) is 15.1 Å². The molecule has 2 aromatic rings. The van der Waals surface area contributed by atoms with Crippen LogP contribution in [0.1, 0.15) is 25.0 Å². The lowest BCUT2D eigenvalue weighted by molar-refractivity contribution is -0.139. The monoisotopic (exact) mass is 437 g/mol. The highest BCUT2D eigenvalue weighted by Crippen LogP contribution is 2.31. The van der Waals surface area contributed by atoms with E-state index >= 15 is 0 Å².